The largest absolute Gasteiger partial charge is 0.467 e. The second-order valence-corrected chi connectivity index (χ2v) is 19.7. The molecule has 4 N–H and O–H groups in total. The summed E-state index contributed by atoms with van der Waals surface area (Å²) in [7, 11) is -1.89. The highest BCUT2D eigenvalue weighted by Gasteiger charge is 2.50. The van der Waals surface area contributed by atoms with Crippen molar-refractivity contribution in [1.29, 1.82) is 0 Å². The molecule has 1 heterocycles. The molecule has 12 nitrogen and oxygen atoms in total. The molecule has 0 aliphatic carbocycles. The van der Waals surface area contributed by atoms with E-state index in [1.807, 2.05) is 60.7 Å². The van der Waals surface area contributed by atoms with Gasteiger partial charge < -0.3 is 29.6 Å². The standard InChI is InChI=1S/C38H45ClN4O8SSi/c1-37(2,3)51-36(48)40-24-18-19-27(28(39)20-24)34-43-31(23-52-34)33(46)41-29(21-44)32(45)42-30(35(47)49-7)22-50-53(38(4,5)6,25-14-10-8-11-15-25)26-16-12-9-13-17-26/h8-20,23,29-30,44H,21-22H2,1-7H3,(H,40,48)(H,41,46)(H,42,45)/t29-,30-/m0/s1. The maximum absolute atomic E-state index is 13.5. The second kappa shape index (κ2) is 17.5. The molecular weight excluding hydrogens is 736 g/mol. The minimum absolute atomic E-state index is 0.0252. The number of amides is 3. The summed E-state index contributed by atoms with van der Waals surface area (Å²) in [6.07, 6.45) is -0.637. The number of ether oxygens (including phenoxy) is 2. The van der Waals surface area contributed by atoms with Gasteiger partial charge in [-0.05, 0) is 54.4 Å². The highest BCUT2D eigenvalue weighted by molar-refractivity contribution is 7.13. The van der Waals surface area contributed by atoms with Crippen LogP contribution >= 0.6 is 22.9 Å². The van der Waals surface area contributed by atoms with Gasteiger partial charge in [0.25, 0.3) is 14.2 Å². The molecule has 0 fully saturated rings. The average molecular weight is 781 g/mol. The van der Waals surface area contributed by atoms with Gasteiger partial charge in [-0.1, -0.05) is 93.0 Å². The van der Waals surface area contributed by atoms with Gasteiger partial charge in [-0.25, -0.2) is 14.6 Å². The van der Waals surface area contributed by atoms with Crippen LogP contribution in [0.5, 0.6) is 0 Å². The number of hydrogen-bond donors (Lipinski definition) is 4. The number of esters is 1. The molecule has 0 saturated heterocycles. The van der Waals surface area contributed by atoms with Crippen LogP contribution in [-0.2, 0) is 23.5 Å². The van der Waals surface area contributed by atoms with E-state index in [0.29, 0.717) is 16.3 Å². The van der Waals surface area contributed by atoms with Crippen LogP contribution in [0.1, 0.15) is 52.0 Å². The molecule has 0 bridgehead atoms. The number of rotatable bonds is 13. The number of nitrogens with one attached hydrogen (secondary N) is 3. The van der Waals surface area contributed by atoms with Gasteiger partial charge in [0.15, 0.2) is 0 Å². The first-order chi connectivity index (χ1) is 25.0. The first-order valence-electron chi connectivity index (χ1n) is 16.8. The number of hydrogen-bond acceptors (Lipinski definition) is 10. The number of halogens is 1. The molecule has 0 saturated carbocycles. The van der Waals surface area contributed by atoms with Crippen molar-refractivity contribution in [2.24, 2.45) is 0 Å². The number of methoxy groups -OCH3 is 1. The molecule has 4 aromatic rings. The Labute approximate surface area is 319 Å². The Morgan fingerprint density at radius 2 is 1.49 bits per heavy atom. The van der Waals surface area contributed by atoms with E-state index in [2.05, 4.69) is 41.7 Å². The molecule has 0 spiro atoms. The normalized spacial score (nSPS) is 13.0. The maximum atomic E-state index is 13.5. The van der Waals surface area contributed by atoms with E-state index in [-0.39, 0.29) is 17.3 Å². The minimum Gasteiger partial charge on any atom is -0.467 e. The van der Waals surface area contributed by atoms with Crippen LogP contribution in [0.15, 0.2) is 84.2 Å². The Hall–Kier alpha value is -4.60. The number of anilines is 1. The van der Waals surface area contributed by atoms with Crippen molar-refractivity contribution in [1.82, 2.24) is 15.6 Å². The molecule has 2 atom stereocenters. The van der Waals surface area contributed by atoms with Gasteiger partial charge in [-0.15, -0.1) is 11.3 Å². The molecule has 3 aromatic carbocycles. The highest BCUT2D eigenvalue weighted by atomic mass is 35.5. The van der Waals surface area contributed by atoms with Gasteiger partial charge >= 0.3 is 12.1 Å². The van der Waals surface area contributed by atoms with Crippen molar-refractivity contribution in [3.8, 4) is 10.6 Å². The number of aromatic nitrogens is 1. The van der Waals surface area contributed by atoms with Crippen molar-refractivity contribution < 1.29 is 38.2 Å². The van der Waals surface area contributed by atoms with Crippen LogP contribution in [0.25, 0.3) is 10.6 Å². The predicted octanol–water partition coefficient (Wildman–Crippen LogP) is 5.14. The Morgan fingerprint density at radius 3 is 2.00 bits per heavy atom. The predicted molar refractivity (Wildman–Crippen MR) is 208 cm³/mol. The number of nitrogens with zero attached hydrogens (tertiary/aromatic N) is 1. The lowest BCUT2D eigenvalue weighted by molar-refractivity contribution is -0.146. The molecule has 0 radical (unpaired) electrons. The Kier molecular flexibility index (Phi) is 13.6. The van der Waals surface area contributed by atoms with Gasteiger partial charge in [-0.2, -0.15) is 0 Å². The van der Waals surface area contributed by atoms with Gasteiger partial charge in [0.2, 0.25) is 5.91 Å². The van der Waals surface area contributed by atoms with Crippen LogP contribution in [-0.4, -0.2) is 80.3 Å². The summed E-state index contributed by atoms with van der Waals surface area (Å²) in [5.74, 6) is -2.32. The molecular formula is C38H45ClN4O8SSi. The summed E-state index contributed by atoms with van der Waals surface area (Å²) in [4.78, 5) is 56.3. The smallest absolute Gasteiger partial charge is 0.412 e. The van der Waals surface area contributed by atoms with E-state index in [4.69, 9.17) is 25.5 Å². The fourth-order valence-electron chi connectivity index (χ4n) is 5.67. The first kappa shape index (κ1) is 41.2. The second-order valence-electron chi connectivity index (χ2n) is 14.1. The molecule has 53 heavy (non-hydrogen) atoms. The number of thiazole rings is 1. The zero-order chi connectivity index (χ0) is 39.0. The lowest BCUT2D eigenvalue weighted by Crippen LogP contribution is -2.68. The van der Waals surface area contributed by atoms with Gasteiger partial charge in [0.05, 0.1) is 25.3 Å². The number of carbonyl (C=O) groups excluding carboxylic acids is 4. The zero-order valence-corrected chi connectivity index (χ0v) is 33.3. The minimum atomic E-state index is -3.10. The van der Waals surface area contributed by atoms with Crippen molar-refractivity contribution in [2.75, 3.05) is 25.6 Å². The Bertz CT molecular complexity index is 1860. The topological polar surface area (TPSA) is 165 Å². The summed E-state index contributed by atoms with van der Waals surface area (Å²) in [6, 6.07) is 21.7. The third-order valence-corrected chi connectivity index (χ3v) is 14.3. The summed E-state index contributed by atoms with van der Waals surface area (Å²) >= 11 is 7.63. The van der Waals surface area contributed by atoms with E-state index < -0.39 is 61.5 Å². The van der Waals surface area contributed by atoms with Crippen molar-refractivity contribution >= 4 is 71.2 Å². The molecule has 3 amide bonds. The quantitative estimate of drug-likeness (QED) is 0.106. The van der Waals surface area contributed by atoms with Crippen molar-refractivity contribution in [3.05, 3.63) is 95.0 Å². The van der Waals surface area contributed by atoms with Crippen LogP contribution in [0.4, 0.5) is 10.5 Å². The van der Waals surface area contributed by atoms with E-state index in [1.54, 1.807) is 32.9 Å². The maximum Gasteiger partial charge on any atom is 0.412 e. The van der Waals surface area contributed by atoms with E-state index in [0.717, 1.165) is 21.7 Å². The van der Waals surface area contributed by atoms with Crippen LogP contribution in [0.2, 0.25) is 10.1 Å². The molecule has 4 rings (SSSR count). The Balaban J connectivity index is 1.49. The number of benzene rings is 3. The van der Waals surface area contributed by atoms with Gasteiger partial charge in [-0.3, -0.25) is 14.9 Å². The average Bonchev–Trinajstić information content (AvgIpc) is 3.59. The lowest BCUT2D eigenvalue weighted by Gasteiger charge is -2.43. The SMILES string of the molecule is COC(=O)[C@H](CO[Si](c1ccccc1)(c1ccccc1)C(C)(C)C)NC(=O)[C@H](CO)NC(=O)c1csc(-c2ccc(NC(=O)OC(C)(C)C)cc2Cl)n1. The third-order valence-electron chi connectivity index (χ3n) is 8.07. The van der Waals surface area contributed by atoms with Crippen LogP contribution < -0.4 is 26.3 Å². The highest BCUT2D eigenvalue weighted by Crippen LogP contribution is 2.37. The lowest BCUT2D eigenvalue weighted by atomic mass is 10.2. The molecule has 0 aliphatic heterocycles. The van der Waals surface area contributed by atoms with Gasteiger partial charge in [0, 0.05) is 16.6 Å². The summed E-state index contributed by atoms with van der Waals surface area (Å²) in [5.41, 5.74) is 0.206. The number of carbonyl (C=O) groups is 4. The van der Waals surface area contributed by atoms with Gasteiger partial charge in [0.1, 0.15) is 28.4 Å². The summed E-state index contributed by atoms with van der Waals surface area (Å²) in [6.45, 7) is 10.5. The summed E-state index contributed by atoms with van der Waals surface area (Å²) < 4.78 is 17.1. The van der Waals surface area contributed by atoms with Crippen LogP contribution in [0.3, 0.4) is 0 Å². The third kappa shape index (κ3) is 10.3. The first-order valence-corrected chi connectivity index (χ1v) is 20.0. The molecule has 0 aliphatic rings. The molecule has 282 valence electrons. The fraction of sp³-hybridized carbons (Fsp3) is 0.342. The molecule has 15 heteroatoms. The van der Waals surface area contributed by atoms with E-state index >= 15 is 0 Å². The monoisotopic (exact) mass is 780 g/mol. The van der Waals surface area contributed by atoms with Crippen LogP contribution in [0, 0.1) is 0 Å². The molecule has 1 aromatic heterocycles. The Morgan fingerprint density at radius 1 is 0.887 bits per heavy atom. The number of aliphatic hydroxyl groups is 1. The van der Waals surface area contributed by atoms with E-state index in [1.165, 1.54) is 18.6 Å². The van der Waals surface area contributed by atoms with Crippen molar-refractivity contribution in [3.63, 3.8) is 0 Å². The van der Waals surface area contributed by atoms with E-state index in [9.17, 15) is 24.3 Å². The summed E-state index contributed by atoms with van der Waals surface area (Å²) in [5, 5.41) is 21.6. The zero-order valence-electron chi connectivity index (χ0n) is 30.7. The molecule has 0 unspecified atom stereocenters. The fourth-order valence-corrected chi connectivity index (χ4v) is 11.4. The number of aliphatic hydroxyl groups excluding tert-OH is 1. The van der Waals surface area contributed by atoms with Crippen molar-refractivity contribution in [2.45, 2.75) is 64.3 Å².